The van der Waals surface area contributed by atoms with Crippen molar-refractivity contribution in [2.75, 3.05) is 72.6 Å². The average molecular weight is 481 g/mol. The Morgan fingerprint density at radius 2 is 1.65 bits per heavy atom. The molecular formula is C19H40IN5O. The van der Waals surface area contributed by atoms with Crippen molar-refractivity contribution in [2.24, 2.45) is 10.9 Å². The SMILES string of the molecule is CCN1CCN(CCCCNC(=NC)NCCCOCC2CC2)CC1.I. The molecule has 1 saturated heterocycles. The highest BCUT2D eigenvalue weighted by molar-refractivity contribution is 14.0. The van der Waals surface area contributed by atoms with Crippen molar-refractivity contribution in [1.82, 2.24) is 20.4 Å². The first-order valence-electron chi connectivity index (χ1n) is 10.3. The molecule has 0 bridgehead atoms. The van der Waals surface area contributed by atoms with Gasteiger partial charge in [-0.15, -0.1) is 24.0 Å². The van der Waals surface area contributed by atoms with Crippen molar-refractivity contribution in [1.29, 1.82) is 0 Å². The second-order valence-electron chi connectivity index (χ2n) is 7.28. The molecule has 0 atom stereocenters. The summed E-state index contributed by atoms with van der Waals surface area (Å²) in [5.41, 5.74) is 0. The highest BCUT2D eigenvalue weighted by Gasteiger charge is 2.20. The van der Waals surface area contributed by atoms with Crippen molar-refractivity contribution in [3.05, 3.63) is 0 Å². The van der Waals surface area contributed by atoms with E-state index in [0.29, 0.717) is 0 Å². The first-order chi connectivity index (χ1) is 12.3. The van der Waals surface area contributed by atoms with Crippen LogP contribution in [0.4, 0.5) is 0 Å². The van der Waals surface area contributed by atoms with Crippen LogP contribution in [0.1, 0.15) is 39.0 Å². The Balaban J connectivity index is 0.00000338. The molecule has 1 heterocycles. The molecular weight excluding hydrogens is 441 g/mol. The number of hydrogen-bond donors (Lipinski definition) is 2. The third kappa shape index (κ3) is 10.9. The van der Waals surface area contributed by atoms with Gasteiger partial charge < -0.3 is 25.2 Å². The largest absolute Gasteiger partial charge is 0.381 e. The Hall–Kier alpha value is -0.120. The predicted octanol–water partition coefficient (Wildman–Crippen LogP) is 2.00. The van der Waals surface area contributed by atoms with Crippen LogP contribution >= 0.6 is 24.0 Å². The lowest BCUT2D eigenvalue weighted by atomic mass is 10.2. The summed E-state index contributed by atoms with van der Waals surface area (Å²) < 4.78 is 5.65. The lowest BCUT2D eigenvalue weighted by Crippen LogP contribution is -2.46. The summed E-state index contributed by atoms with van der Waals surface area (Å²) in [6, 6.07) is 0. The number of piperazine rings is 1. The van der Waals surface area contributed by atoms with Crippen molar-refractivity contribution < 1.29 is 4.74 Å². The molecule has 1 aliphatic carbocycles. The molecule has 0 aromatic rings. The number of rotatable bonds is 12. The second-order valence-corrected chi connectivity index (χ2v) is 7.28. The topological polar surface area (TPSA) is 52.1 Å². The van der Waals surface area contributed by atoms with E-state index in [9.17, 15) is 0 Å². The number of likely N-dealkylation sites (N-methyl/N-ethyl adjacent to an activating group) is 1. The molecule has 6 nitrogen and oxygen atoms in total. The molecule has 154 valence electrons. The van der Waals surface area contributed by atoms with Gasteiger partial charge in [-0.3, -0.25) is 4.99 Å². The van der Waals surface area contributed by atoms with Crippen LogP contribution in [0.2, 0.25) is 0 Å². The van der Waals surface area contributed by atoms with Gasteiger partial charge in [0, 0.05) is 59.5 Å². The van der Waals surface area contributed by atoms with Crippen molar-refractivity contribution in [3.63, 3.8) is 0 Å². The zero-order chi connectivity index (χ0) is 17.7. The molecule has 2 N–H and O–H groups in total. The number of ether oxygens (including phenoxy) is 1. The van der Waals surface area contributed by atoms with E-state index < -0.39 is 0 Å². The van der Waals surface area contributed by atoms with Crippen LogP contribution in [0, 0.1) is 5.92 Å². The quantitative estimate of drug-likeness (QED) is 0.193. The van der Waals surface area contributed by atoms with Crippen molar-refractivity contribution in [2.45, 2.75) is 39.0 Å². The van der Waals surface area contributed by atoms with Crippen LogP contribution in [0.3, 0.4) is 0 Å². The van der Waals surface area contributed by atoms with Gasteiger partial charge in [0.1, 0.15) is 0 Å². The Morgan fingerprint density at radius 1 is 1.00 bits per heavy atom. The van der Waals surface area contributed by atoms with Gasteiger partial charge in [0.2, 0.25) is 0 Å². The van der Waals surface area contributed by atoms with Crippen LogP contribution in [-0.4, -0.2) is 88.4 Å². The van der Waals surface area contributed by atoms with Gasteiger partial charge in [-0.25, -0.2) is 0 Å². The summed E-state index contributed by atoms with van der Waals surface area (Å²) in [6.07, 6.45) is 6.22. The van der Waals surface area contributed by atoms with Crippen molar-refractivity contribution in [3.8, 4) is 0 Å². The summed E-state index contributed by atoms with van der Waals surface area (Å²) in [5.74, 6) is 1.77. The monoisotopic (exact) mass is 481 g/mol. The van der Waals surface area contributed by atoms with E-state index in [4.69, 9.17) is 4.74 Å². The first-order valence-corrected chi connectivity index (χ1v) is 10.3. The maximum absolute atomic E-state index is 5.65. The minimum atomic E-state index is 0. The van der Waals surface area contributed by atoms with Crippen LogP contribution in [0.5, 0.6) is 0 Å². The molecule has 2 fully saturated rings. The summed E-state index contributed by atoms with van der Waals surface area (Å²) in [5, 5.41) is 6.78. The van der Waals surface area contributed by atoms with Gasteiger partial charge in [0.25, 0.3) is 0 Å². The molecule has 2 rings (SSSR count). The van der Waals surface area contributed by atoms with E-state index in [1.54, 1.807) is 0 Å². The lowest BCUT2D eigenvalue weighted by molar-refractivity contribution is 0.123. The lowest BCUT2D eigenvalue weighted by Gasteiger charge is -2.34. The predicted molar refractivity (Wildman–Crippen MR) is 121 cm³/mol. The highest BCUT2D eigenvalue weighted by atomic mass is 127. The van der Waals surface area contributed by atoms with Crippen LogP contribution in [0.15, 0.2) is 4.99 Å². The first kappa shape index (κ1) is 23.9. The van der Waals surface area contributed by atoms with Crippen LogP contribution in [-0.2, 0) is 4.74 Å². The third-order valence-electron chi connectivity index (χ3n) is 5.14. The summed E-state index contributed by atoms with van der Waals surface area (Å²) in [7, 11) is 1.84. The van der Waals surface area contributed by atoms with E-state index >= 15 is 0 Å². The molecule has 26 heavy (non-hydrogen) atoms. The van der Waals surface area contributed by atoms with Gasteiger partial charge >= 0.3 is 0 Å². The molecule has 7 heteroatoms. The van der Waals surface area contributed by atoms with Gasteiger partial charge in [-0.05, 0) is 51.1 Å². The fourth-order valence-electron chi connectivity index (χ4n) is 3.13. The van der Waals surface area contributed by atoms with E-state index in [-0.39, 0.29) is 24.0 Å². The molecule has 0 spiro atoms. The van der Waals surface area contributed by atoms with Crippen LogP contribution < -0.4 is 10.6 Å². The fraction of sp³-hybridized carbons (Fsp3) is 0.947. The number of nitrogens with zero attached hydrogens (tertiary/aromatic N) is 3. The van der Waals surface area contributed by atoms with Gasteiger partial charge in [0.05, 0.1) is 0 Å². The zero-order valence-electron chi connectivity index (χ0n) is 16.8. The van der Waals surface area contributed by atoms with E-state index in [2.05, 4.69) is 32.3 Å². The average Bonchev–Trinajstić information content (AvgIpc) is 3.47. The Kier molecular flexibility index (Phi) is 13.7. The normalized spacial score (nSPS) is 19.2. The Bertz CT molecular complexity index is 371. The molecule has 0 unspecified atom stereocenters. The van der Waals surface area contributed by atoms with E-state index in [1.807, 2.05) is 7.05 Å². The molecule has 2 aliphatic rings. The molecule has 0 aromatic heterocycles. The van der Waals surface area contributed by atoms with E-state index in [0.717, 1.165) is 44.6 Å². The smallest absolute Gasteiger partial charge is 0.190 e. The summed E-state index contributed by atoms with van der Waals surface area (Å²) in [4.78, 5) is 9.42. The Morgan fingerprint density at radius 3 is 2.27 bits per heavy atom. The standard InChI is InChI=1S/C19H39N5O.HI/c1-3-23-12-14-24(15-13-23)11-5-4-9-21-19(20-2)22-10-6-16-25-17-18-7-8-18;/h18H,3-17H2,1-2H3,(H2,20,21,22);1H. The number of halogens is 1. The molecule has 0 aromatic carbocycles. The zero-order valence-corrected chi connectivity index (χ0v) is 19.2. The van der Waals surface area contributed by atoms with E-state index in [1.165, 1.54) is 65.0 Å². The van der Waals surface area contributed by atoms with Gasteiger partial charge in [0.15, 0.2) is 5.96 Å². The second kappa shape index (κ2) is 14.9. The fourth-order valence-corrected chi connectivity index (χ4v) is 3.13. The number of aliphatic imine (C=N–C) groups is 1. The molecule has 0 amide bonds. The summed E-state index contributed by atoms with van der Waals surface area (Å²) >= 11 is 0. The van der Waals surface area contributed by atoms with Crippen molar-refractivity contribution >= 4 is 29.9 Å². The number of unbranched alkanes of at least 4 members (excludes halogenated alkanes) is 1. The minimum absolute atomic E-state index is 0. The Labute approximate surface area is 177 Å². The number of nitrogens with one attached hydrogen (secondary N) is 2. The molecule has 0 radical (unpaired) electrons. The molecule has 1 saturated carbocycles. The maximum atomic E-state index is 5.65. The summed E-state index contributed by atoms with van der Waals surface area (Å²) in [6.45, 7) is 13.3. The number of hydrogen-bond acceptors (Lipinski definition) is 4. The third-order valence-corrected chi connectivity index (χ3v) is 5.14. The number of guanidine groups is 1. The minimum Gasteiger partial charge on any atom is -0.381 e. The molecule has 1 aliphatic heterocycles. The van der Waals surface area contributed by atoms with Gasteiger partial charge in [-0.1, -0.05) is 6.92 Å². The highest BCUT2D eigenvalue weighted by Crippen LogP contribution is 2.28. The van der Waals surface area contributed by atoms with Crippen LogP contribution in [0.25, 0.3) is 0 Å². The maximum Gasteiger partial charge on any atom is 0.190 e. The van der Waals surface area contributed by atoms with Gasteiger partial charge in [-0.2, -0.15) is 0 Å².